The molecule has 22 heavy (non-hydrogen) atoms. The molecule has 10 heteroatoms. The van der Waals surface area contributed by atoms with E-state index in [9.17, 15) is 26.6 Å². The van der Waals surface area contributed by atoms with Crippen molar-refractivity contribution in [2.24, 2.45) is 10.9 Å². The Labute approximate surface area is 131 Å². The van der Waals surface area contributed by atoms with Crippen LogP contribution in [-0.4, -0.2) is 39.9 Å². The van der Waals surface area contributed by atoms with Crippen LogP contribution in [0.5, 0.6) is 0 Å². The second-order valence-corrected chi connectivity index (χ2v) is 9.32. The second kappa shape index (κ2) is 6.81. The van der Waals surface area contributed by atoms with Gasteiger partial charge in [-0.1, -0.05) is 13.8 Å². The van der Waals surface area contributed by atoms with Gasteiger partial charge in [-0.05, 0) is 55.3 Å². The lowest BCUT2D eigenvalue weighted by atomic mass is 10.2. The lowest BCUT2D eigenvalue weighted by Gasteiger charge is -2.55. The van der Waals surface area contributed by atoms with Crippen LogP contribution in [0.15, 0.2) is 21.9 Å². The van der Waals surface area contributed by atoms with E-state index in [0.717, 1.165) is 12.1 Å². The Balaban J connectivity index is 0. The normalized spacial score (nSPS) is 14.9. The van der Waals surface area contributed by atoms with Crippen LogP contribution in [0.3, 0.4) is 0 Å². The summed E-state index contributed by atoms with van der Waals surface area (Å²) in [6, 6.07) is 1.64. The van der Waals surface area contributed by atoms with Crippen molar-refractivity contribution in [2.75, 3.05) is 13.3 Å². The largest absolute Gasteiger partial charge is 0.795 e. The molecule has 0 spiro atoms. The quantitative estimate of drug-likeness (QED) is 0.763. The molecular weight excluding hydrogens is 332 g/mol. The number of benzene rings is 1. The van der Waals surface area contributed by atoms with Crippen LogP contribution >= 0.6 is 0 Å². The molecule has 4 N–H and O–H groups in total. The summed E-state index contributed by atoms with van der Waals surface area (Å²) >= 11 is 0. The molecule has 0 unspecified atom stereocenters. The molecule has 134 valence electrons. The van der Waals surface area contributed by atoms with Crippen molar-refractivity contribution < 1.29 is 26.6 Å². The predicted molar refractivity (Wildman–Crippen MR) is 83.4 cm³/mol. The number of hydrogen-bond acceptors (Lipinski definition) is 7. The average Bonchev–Trinajstić information content (AvgIpc) is 2.32. The fourth-order valence-corrected chi connectivity index (χ4v) is 3.89. The minimum Gasteiger partial charge on any atom is -0.795 e. The number of sulfonamides is 3. The summed E-state index contributed by atoms with van der Waals surface area (Å²) in [5.74, 6) is 0. The van der Waals surface area contributed by atoms with Gasteiger partial charge in [-0.25, -0.2) is 0 Å². The maximum atomic E-state index is 11.4. The molecule has 8 nitrogen and oxygen atoms in total. The molecule has 0 fully saturated rings. The van der Waals surface area contributed by atoms with E-state index in [1.807, 2.05) is 13.8 Å². The van der Waals surface area contributed by atoms with Gasteiger partial charge in [0.2, 0.25) is 0 Å². The minimum absolute atomic E-state index is 0.142. The third-order valence-electron chi connectivity index (χ3n) is 2.36. The Morgan fingerprint density at radius 3 is 1.41 bits per heavy atom. The molecule has 0 radical (unpaired) electrons. The van der Waals surface area contributed by atoms with Crippen molar-refractivity contribution in [1.29, 1.82) is 0 Å². The molecule has 0 aliphatic heterocycles. The Hall–Kier alpha value is -0.720. The van der Waals surface area contributed by atoms with Crippen LogP contribution in [0.2, 0.25) is 0 Å². The van der Waals surface area contributed by atoms with E-state index in [1.165, 1.54) is 20.9 Å². The van der Waals surface area contributed by atoms with E-state index >= 15 is 0 Å². The first-order valence-electron chi connectivity index (χ1n) is 6.28. The zero-order chi connectivity index (χ0) is 18.6. The lowest BCUT2D eigenvalue weighted by Crippen LogP contribution is -2.43. The van der Waals surface area contributed by atoms with E-state index in [-0.39, 0.29) is 11.1 Å². The number of rotatable bonds is 2. The van der Waals surface area contributed by atoms with Gasteiger partial charge < -0.3 is 28.2 Å². The summed E-state index contributed by atoms with van der Waals surface area (Å²) in [7, 11) is -9.99. The van der Waals surface area contributed by atoms with Crippen molar-refractivity contribution in [3.05, 3.63) is 23.3 Å². The maximum Gasteiger partial charge on any atom is 0.00808 e. The van der Waals surface area contributed by atoms with Crippen LogP contribution in [-0.2, 0) is 19.4 Å². The molecule has 0 amide bonds. The minimum atomic E-state index is -5.98. The van der Waals surface area contributed by atoms with Crippen molar-refractivity contribution in [1.82, 2.24) is 0 Å². The summed E-state index contributed by atoms with van der Waals surface area (Å²) in [4.78, 5) is -1.30. The van der Waals surface area contributed by atoms with Crippen molar-refractivity contribution in [2.45, 2.75) is 37.5 Å². The summed E-state index contributed by atoms with van der Waals surface area (Å²) in [5.41, 5.74) is 4.17. The van der Waals surface area contributed by atoms with Gasteiger partial charge in [0.25, 0.3) is 0 Å². The first-order valence-corrected chi connectivity index (χ1v) is 10.4. The molecule has 0 saturated heterocycles. The van der Waals surface area contributed by atoms with E-state index in [2.05, 4.69) is 10.9 Å². The highest BCUT2D eigenvalue weighted by Crippen LogP contribution is 2.34. The van der Waals surface area contributed by atoms with Crippen LogP contribution in [0, 0.1) is 13.8 Å². The van der Waals surface area contributed by atoms with Crippen molar-refractivity contribution in [3.8, 4) is 0 Å². The molecule has 0 heterocycles. The highest BCUT2D eigenvalue weighted by Gasteiger charge is 2.17. The fourth-order valence-electron chi connectivity index (χ4n) is 1.65. The topological polar surface area (TPSA) is 178 Å². The molecule has 0 saturated carbocycles. The van der Waals surface area contributed by atoms with Crippen LogP contribution in [0.25, 0.3) is 0 Å². The highest BCUT2D eigenvalue weighted by atomic mass is 32.3. The van der Waals surface area contributed by atoms with Gasteiger partial charge >= 0.3 is 0 Å². The Morgan fingerprint density at radius 2 is 1.14 bits per heavy atom. The predicted octanol–water partition coefficient (Wildman–Crippen LogP) is 0.288. The first-order chi connectivity index (χ1) is 9.55. The van der Waals surface area contributed by atoms with Crippen LogP contribution in [0.1, 0.15) is 25.0 Å². The fraction of sp³-hybridized carbons (Fsp3) is 0.500. The molecule has 1 aromatic carbocycles. The number of sulfone groups is 3. The van der Waals surface area contributed by atoms with Crippen molar-refractivity contribution >= 4 is 19.4 Å². The van der Waals surface area contributed by atoms with E-state index in [4.69, 9.17) is 0 Å². The Kier molecular flexibility index (Phi) is 7.28. The molecule has 0 aliphatic carbocycles. The molecule has 1 aromatic rings. The van der Waals surface area contributed by atoms with Gasteiger partial charge in [-0.2, -0.15) is 9.63 Å². The number of hydrogen-bond donors (Lipinski definition) is 2. The smallest absolute Gasteiger partial charge is 0.00808 e. The molecular formula is C12H24N2O6S2-4. The summed E-state index contributed by atoms with van der Waals surface area (Å²) in [5, 5.41) is 4.68. The van der Waals surface area contributed by atoms with Crippen LogP contribution in [0.4, 0.5) is 0 Å². The van der Waals surface area contributed by atoms with E-state index in [0.29, 0.717) is 6.26 Å². The summed E-state index contributed by atoms with van der Waals surface area (Å²) in [6.45, 7) is 6.40. The van der Waals surface area contributed by atoms with Gasteiger partial charge in [-0.15, -0.1) is 9.81 Å². The molecule has 0 bridgehead atoms. The standard InChI is InChI=1S/C9H17NO6S2.C2H6.CH5N/c1-6-5-9(18(10,14,15)16)7(2)4-8(6)17(3,11,12)13;2*1-2/h4-5H,1-3H3,(H2,11,12,13)(H4,10,14,15,16);1-2H3;2H2,1H3/p-4. The molecule has 0 aromatic heterocycles. The maximum absolute atomic E-state index is 11.4. The van der Waals surface area contributed by atoms with E-state index in [1.54, 1.807) is 0 Å². The third-order valence-corrected chi connectivity index (χ3v) is 5.01. The first kappa shape index (κ1) is 23.5. The average molecular weight is 356 g/mol. The zero-order valence-corrected chi connectivity index (χ0v) is 15.2. The van der Waals surface area contributed by atoms with Crippen LogP contribution < -0.4 is 10.9 Å². The van der Waals surface area contributed by atoms with Crippen molar-refractivity contribution in [3.63, 3.8) is 0 Å². The van der Waals surface area contributed by atoms with Gasteiger partial charge in [0, 0.05) is 4.90 Å². The summed E-state index contributed by atoms with van der Waals surface area (Å²) < 4.78 is 68.0. The second-order valence-electron chi connectivity index (χ2n) is 4.40. The van der Waals surface area contributed by atoms with Gasteiger partial charge in [-0.3, -0.25) is 9.35 Å². The molecule has 0 aliphatic rings. The van der Waals surface area contributed by atoms with E-state index < -0.39 is 29.2 Å². The third kappa shape index (κ3) is 6.58. The molecule has 1 rings (SSSR count). The molecule has 0 atom stereocenters. The zero-order valence-electron chi connectivity index (χ0n) is 13.6. The monoisotopic (exact) mass is 356 g/mol. The Bertz CT molecular complexity index is 580. The SMILES string of the molecule is CC.CN.Cc1cc(S(N)(=O)([O-])[O-])c(C)cc1S(C)(=O)([O-])[O-]. The van der Waals surface area contributed by atoms with Gasteiger partial charge in [0.15, 0.2) is 0 Å². The lowest BCUT2D eigenvalue weighted by molar-refractivity contribution is 0.355. The van der Waals surface area contributed by atoms with Gasteiger partial charge in [0.1, 0.15) is 0 Å². The van der Waals surface area contributed by atoms with Gasteiger partial charge in [0.05, 0.1) is 0 Å². The Morgan fingerprint density at radius 1 is 0.864 bits per heavy atom. The number of aryl methyl sites for hydroxylation is 2. The number of primary sulfonamides is 3. The highest BCUT2D eigenvalue weighted by molar-refractivity contribution is 8.09. The summed E-state index contributed by atoms with van der Waals surface area (Å²) in [6.07, 6.45) is 0.491. The number of nitrogens with two attached hydrogens (primary N) is 2.